The lowest BCUT2D eigenvalue weighted by Crippen LogP contribution is -2.45. The number of nitrogens with one attached hydrogen (secondary N) is 1. The van der Waals surface area contributed by atoms with Gasteiger partial charge in [-0.1, -0.05) is 6.07 Å². The highest BCUT2D eigenvalue weighted by molar-refractivity contribution is 7.89. The van der Waals surface area contributed by atoms with Crippen molar-refractivity contribution in [2.24, 2.45) is 0 Å². The van der Waals surface area contributed by atoms with E-state index in [4.69, 9.17) is 0 Å². The number of anilines is 1. The number of fused-ring (bicyclic) bond motifs is 1. The molecule has 1 saturated heterocycles. The Balaban J connectivity index is 1.59. The van der Waals surface area contributed by atoms with E-state index in [1.807, 2.05) is 0 Å². The third-order valence-corrected chi connectivity index (χ3v) is 7.74. The van der Waals surface area contributed by atoms with Gasteiger partial charge in [0.15, 0.2) is 0 Å². The number of benzene rings is 2. The van der Waals surface area contributed by atoms with Crippen LogP contribution in [-0.4, -0.2) is 52.6 Å². The zero-order valence-corrected chi connectivity index (χ0v) is 18.1. The molecule has 30 heavy (non-hydrogen) atoms. The predicted molar refractivity (Wildman–Crippen MR) is 113 cm³/mol. The summed E-state index contributed by atoms with van der Waals surface area (Å²) in [7, 11) is -1.96. The van der Waals surface area contributed by atoms with Crippen molar-refractivity contribution in [1.29, 1.82) is 0 Å². The predicted octanol–water partition coefficient (Wildman–Crippen LogP) is 2.86. The fraction of sp³-hybridized carbons (Fsp3) is 0.455. The van der Waals surface area contributed by atoms with E-state index in [0.717, 1.165) is 44.7 Å². The van der Waals surface area contributed by atoms with Crippen LogP contribution >= 0.6 is 0 Å². The fourth-order valence-electron chi connectivity index (χ4n) is 4.46. The van der Waals surface area contributed by atoms with Gasteiger partial charge in [0, 0.05) is 44.0 Å². The second kappa shape index (κ2) is 8.24. The molecule has 1 fully saturated rings. The number of likely N-dealkylation sites (N-methyl/N-ethyl adjacent to an activating group) is 1. The molecule has 0 saturated carbocycles. The number of hydrogen-bond donors (Lipinski definition) is 1. The number of aryl methyl sites for hydroxylation is 1. The maximum atomic E-state index is 14.1. The molecule has 0 bridgehead atoms. The van der Waals surface area contributed by atoms with Crippen LogP contribution in [0.3, 0.4) is 0 Å². The highest BCUT2D eigenvalue weighted by Crippen LogP contribution is 2.34. The van der Waals surface area contributed by atoms with Crippen molar-refractivity contribution in [2.45, 2.75) is 37.1 Å². The molecular weight excluding hydrogens is 408 g/mol. The van der Waals surface area contributed by atoms with E-state index in [1.165, 1.54) is 22.4 Å². The summed E-state index contributed by atoms with van der Waals surface area (Å²) in [4.78, 5) is 4.15. The van der Waals surface area contributed by atoms with Crippen molar-refractivity contribution in [1.82, 2.24) is 9.62 Å². The van der Waals surface area contributed by atoms with Gasteiger partial charge in [-0.15, -0.1) is 0 Å². The van der Waals surface area contributed by atoms with Crippen molar-refractivity contribution in [3.8, 4) is 0 Å². The number of rotatable bonds is 4. The van der Waals surface area contributed by atoms with E-state index >= 15 is 0 Å². The van der Waals surface area contributed by atoms with Gasteiger partial charge >= 0.3 is 0 Å². The maximum absolute atomic E-state index is 14.1. The average molecular weight is 436 g/mol. The Hall–Kier alpha value is -2.03. The van der Waals surface area contributed by atoms with Crippen LogP contribution < -0.4 is 9.62 Å². The van der Waals surface area contributed by atoms with Gasteiger partial charge in [-0.05, 0) is 68.1 Å². The average Bonchev–Trinajstić information content (AvgIpc) is 2.68. The smallest absolute Gasteiger partial charge is 0.243 e. The van der Waals surface area contributed by atoms with Crippen molar-refractivity contribution in [3.05, 3.63) is 58.7 Å². The van der Waals surface area contributed by atoms with Crippen molar-refractivity contribution in [3.63, 3.8) is 0 Å². The first kappa shape index (κ1) is 21.2. The topological polar surface area (TPSA) is 52.6 Å². The minimum absolute atomic E-state index is 0.333. The molecule has 4 rings (SSSR count). The van der Waals surface area contributed by atoms with Crippen LogP contribution in [0.4, 0.5) is 14.5 Å². The molecule has 1 aliphatic heterocycles. The first-order valence-electron chi connectivity index (χ1n) is 10.3. The van der Waals surface area contributed by atoms with Crippen LogP contribution in [0, 0.1) is 18.6 Å². The van der Waals surface area contributed by atoms with Crippen LogP contribution in [0.1, 0.15) is 23.1 Å². The van der Waals surface area contributed by atoms with E-state index in [9.17, 15) is 17.2 Å². The molecule has 2 aromatic rings. The third-order valence-electron chi connectivity index (χ3n) is 6.18. The van der Waals surface area contributed by atoms with E-state index in [0.29, 0.717) is 18.9 Å². The molecule has 8 heteroatoms. The quantitative estimate of drug-likeness (QED) is 0.803. The molecule has 5 nitrogen and oxygen atoms in total. The number of halogens is 2. The Morgan fingerprint density at radius 2 is 1.77 bits per heavy atom. The summed E-state index contributed by atoms with van der Waals surface area (Å²) in [6.07, 6.45) is 1.96. The lowest BCUT2D eigenvalue weighted by molar-refractivity contribution is 0.312. The molecule has 1 aliphatic carbocycles. The number of piperazine rings is 1. The number of sulfonamides is 1. The van der Waals surface area contributed by atoms with Crippen LogP contribution in [0.2, 0.25) is 0 Å². The Kier molecular flexibility index (Phi) is 5.83. The van der Waals surface area contributed by atoms with Gasteiger partial charge in [0.25, 0.3) is 0 Å². The van der Waals surface area contributed by atoms with Crippen molar-refractivity contribution in [2.75, 3.05) is 38.1 Å². The molecule has 0 radical (unpaired) electrons. The summed E-state index contributed by atoms with van der Waals surface area (Å²) in [6, 6.07) is 6.48. The third kappa shape index (κ3) is 4.22. The Labute approximate surface area is 176 Å². The van der Waals surface area contributed by atoms with Gasteiger partial charge in [0.2, 0.25) is 10.0 Å². The second-order valence-corrected chi connectivity index (χ2v) is 9.97. The maximum Gasteiger partial charge on any atom is 0.243 e. The summed E-state index contributed by atoms with van der Waals surface area (Å²) in [5.74, 6) is -1.88. The van der Waals surface area contributed by atoms with Gasteiger partial charge in [0.05, 0.1) is 0 Å². The second-order valence-electron chi connectivity index (χ2n) is 8.28. The van der Waals surface area contributed by atoms with Crippen molar-refractivity contribution < 1.29 is 17.2 Å². The van der Waals surface area contributed by atoms with Crippen LogP contribution in [0.15, 0.2) is 35.2 Å². The first-order chi connectivity index (χ1) is 14.2. The zero-order valence-electron chi connectivity index (χ0n) is 17.3. The molecule has 2 aromatic carbocycles. The Bertz CT molecular complexity index is 1050. The minimum atomic E-state index is -4.08. The summed E-state index contributed by atoms with van der Waals surface area (Å²) in [5.41, 5.74) is 4.85. The lowest BCUT2D eigenvalue weighted by Gasteiger charge is -2.37. The van der Waals surface area contributed by atoms with E-state index in [-0.39, 0.29) is 6.04 Å². The zero-order chi connectivity index (χ0) is 21.5. The molecule has 0 unspecified atom stereocenters. The SMILES string of the molecule is Cc1ccc(N2CCN(C)CC2)c2c1CC[C@@H](NS(=O)(=O)c1ccc(F)cc1F)C2. The minimum Gasteiger partial charge on any atom is -0.369 e. The highest BCUT2D eigenvalue weighted by Gasteiger charge is 2.29. The summed E-state index contributed by atoms with van der Waals surface area (Å²) >= 11 is 0. The molecule has 2 aliphatic rings. The molecule has 1 N–H and O–H groups in total. The molecule has 0 aromatic heterocycles. The van der Waals surface area contributed by atoms with E-state index in [2.05, 4.69) is 40.6 Å². The van der Waals surface area contributed by atoms with Gasteiger partial charge in [0.1, 0.15) is 16.5 Å². The normalized spacial score (nSPS) is 20.3. The Morgan fingerprint density at radius 3 is 2.47 bits per heavy atom. The van der Waals surface area contributed by atoms with Crippen molar-refractivity contribution >= 4 is 15.7 Å². The summed E-state index contributed by atoms with van der Waals surface area (Å²) in [6.45, 7) is 5.93. The fourth-order valence-corrected chi connectivity index (χ4v) is 5.79. The van der Waals surface area contributed by atoms with E-state index in [1.54, 1.807) is 0 Å². The number of nitrogens with zero attached hydrogens (tertiary/aromatic N) is 2. The summed E-state index contributed by atoms with van der Waals surface area (Å²) < 4.78 is 55.4. The van der Waals surface area contributed by atoms with Crippen LogP contribution in [0.5, 0.6) is 0 Å². The molecule has 1 heterocycles. The Morgan fingerprint density at radius 1 is 1.03 bits per heavy atom. The van der Waals surface area contributed by atoms with Crippen LogP contribution in [0.25, 0.3) is 0 Å². The monoisotopic (exact) mass is 435 g/mol. The molecular formula is C22H27F2N3O2S. The standard InChI is InChI=1S/C22H27F2N3O2S/c1-15-3-7-21(27-11-9-26(2)10-12-27)19-14-17(5-6-18(15)19)25-30(28,29)22-8-4-16(23)13-20(22)24/h3-4,7-8,13,17,25H,5-6,9-12,14H2,1-2H3/t17-/m1/s1. The van der Waals surface area contributed by atoms with Crippen LogP contribution in [-0.2, 0) is 22.9 Å². The van der Waals surface area contributed by atoms with Gasteiger partial charge in [-0.25, -0.2) is 21.9 Å². The summed E-state index contributed by atoms with van der Waals surface area (Å²) in [5, 5.41) is 0. The largest absolute Gasteiger partial charge is 0.369 e. The van der Waals surface area contributed by atoms with Gasteiger partial charge in [-0.2, -0.15) is 0 Å². The van der Waals surface area contributed by atoms with E-state index < -0.39 is 26.6 Å². The first-order valence-corrected chi connectivity index (χ1v) is 11.7. The van der Waals surface area contributed by atoms with Gasteiger partial charge < -0.3 is 9.80 Å². The molecule has 1 atom stereocenters. The van der Waals surface area contributed by atoms with Gasteiger partial charge in [-0.3, -0.25) is 0 Å². The lowest BCUT2D eigenvalue weighted by atomic mass is 9.84. The number of hydrogen-bond acceptors (Lipinski definition) is 4. The molecule has 0 amide bonds. The highest BCUT2D eigenvalue weighted by atomic mass is 32.2. The molecule has 162 valence electrons. The molecule has 0 spiro atoms.